The molecule has 1 aliphatic heterocycles. The number of aromatic nitrogens is 2. The summed E-state index contributed by atoms with van der Waals surface area (Å²) in [5, 5.41) is 8.08. The number of nitrogens with two attached hydrogens (primary N) is 1. The Morgan fingerprint density at radius 2 is 2.06 bits per heavy atom. The van der Waals surface area contributed by atoms with Gasteiger partial charge < -0.3 is 11.1 Å². The Balaban J connectivity index is 2.23. The predicted molar refractivity (Wildman–Crippen MR) is 65.6 cm³/mol. The molecule has 2 heterocycles. The van der Waals surface area contributed by atoms with Crippen LogP contribution in [0.2, 0.25) is 0 Å². The van der Waals surface area contributed by atoms with Crippen molar-refractivity contribution >= 4 is 0 Å². The summed E-state index contributed by atoms with van der Waals surface area (Å²) in [4.78, 5) is 0. The molecule has 0 aromatic carbocycles. The van der Waals surface area contributed by atoms with Gasteiger partial charge in [-0.25, -0.2) is 0 Å². The molecule has 3 N–H and O–H groups in total. The van der Waals surface area contributed by atoms with E-state index in [-0.39, 0.29) is 0 Å². The van der Waals surface area contributed by atoms with Crippen molar-refractivity contribution < 1.29 is 0 Å². The van der Waals surface area contributed by atoms with Crippen molar-refractivity contribution in [1.82, 2.24) is 15.1 Å². The van der Waals surface area contributed by atoms with Crippen molar-refractivity contribution in [1.29, 1.82) is 0 Å². The van der Waals surface area contributed by atoms with Gasteiger partial charge in [-0.2, -0.15) is 5.10 Å². The Kier molecular flexibility index (Phi) is 3.61. The second-order valence-corrected chi connectivity index (χ2v) is 4.61. The lowest BCUT2D eigenvalue weighted by Crippen LogP contribution is -2.30. The summed E-state index contributed by atoms with van der Waals surface area (Å²) >= 11 is 0. The van der Waals surface area contributed by atoms with E-state index in [1.165, 1.54) is 24.1 Å². The van der Waals surface area contributed by atoms with Crippen LogP contribution in [0.25, 0.3) is 0 Å². The minimum absolute atomic E-state index is 0.575. The Bertz CT molecular complexity index is 350. The summed E-state index contributed by atoms with van der Waals surface area (Å²) in [5.74, 6) is 0. The van der Waals surface area contributed by atoms with E-state index >= 15 is 0 Å². The van der Waals surface area contributed by atoms with Crippen molar-refractivity contribution in [3.05, 3.63) is 17.0 Å². The average Bonchev–Trinajstić information content (AvgIpc) is 2.59. The van der Waals surface area contributed by atoms with Crippen LogP contribution in [0.3, 0.4) is 0 Å². The fourth-order valence-electron chi connectivity index (χ4n) is 2.61. The molecule has 0 spiro atoms. The highest BCUT2D eigenvalue weighted by atomic mass is 15.3. The van der Waals surface area contributed by atoms with E-state index in [9.17, 15) is 0 Å². The van der Waals surface area contributed by atoms with Crippen molar-refractivity contribution in [2.45, 2.75) is 39.2 Å². The van der Waals surface area contributed by atoms with Crippen molar-refractivity contribution in [3.8, 4) is 0 Å². The Morgan fingerprint density at radius 3 is 2.69 bits per heavy atom. The van der Waals surface area contributed by atoms with Crippen LogP contribution in [0.5, 0.6) is 0 Å². The fourth-order valence-corrected chi connectivity index (χ4v) is 2.61. The van der Waals surface area contributed by atoms with Gasteiger partial charge in [0.05, 0.1) is 11.7 Å². The van der Waals surface area contributed by atoms with Gasteiger partial charge in [-0.1, -0.05) is 0 Å². The normalized spacial score (nSPS) is 17.9. The van der Waals surface area contributed by atoms with Crippen LogP contribution in [0.4, 0.5) is 0 Å². The molecule has 0 saturated carbocycles. The maximum atomic E-state index is 5.64. The first-order valence-electron chi connectivity index (χ1n) is 6.19. The summed E-state index contributed by atoms with van der Waals surface area (Å²) in [6.07, 6.45) is 3.32. The maximum absolute atomic E-state index is 5.64. The number of aryl methyl sites for hydroxylation is 1. The highest BCUT2D eigenvalue weighted by molar-refractivity contribution is 5.25. The minimum Gasteiger partial charge on any atom is -0.330 e. The lowest BCUT2D eigenvalue weighted by atomic mass is 10.1. The summed E-state index contributed by atoms with van der Waals surface area (Å²) < 4.78 is 2.22. The SMILES string of the molecule is Cc1nn(C2CCNCC2)c(C)c1CCN. The molecule has 1 fully saturated rings. The van der Waals surface area contributed by atoms with E-state index in [0.717, 1.165) is 25.2 Å². The highest BCUT2D eigenvalue weighted by Gasteiger charge is 2.20. The molecule has 0 bridgehead atoms. The quantitative estimate of drug-likeness (QED) is 0.800. The number of piperidine rings is 1. The van der Waals surface area contributed by atoms with Gasteiger partial charge in [0.15, 0.2) is 0 Å². The Hall–Kier alpha value is -0.870. The summed E-state index contributed by atoms with van der Waals surface area (Å²) in [6, 6.07) is 0.575. The highest BCUT2D eigenvalue weighted by Crippen LogP contribution is 2.23. The Labute approximate surface area is 97.2 Å². The van der Waals surface area contributed by atoms with Crippen LogP contribution in [0, 0.1) is 13.8 Å². The van der Waals surface area contributed by atoms with Gasteiger partial charge >= 0.3 is 0 Å². The third-order valence-electron chi connectivity index (χ3n) is 3.52. The molecule has 0 atom stereocenters. The van der Waals surface area contributed by atoms with Gasteiger partial charge in [0.2, 0.25) is 0 Å². The molecule has 1 aromatic rings. The maximum Gasteiger partial charge on any atom is 0.0629 e. The molecule has 1 saturated heterocycles. The largest absolute Gasteiger partial charge is 0.330 e. The molecule has 90 valence electrons. The summed E-state index contributed by atoms with van der Waals surface area (Å²) in [7, 11) is 0. The molecule has 0 aliphatic carbocycles. The van der Waals surface area contributed by atoms with E-state index in [1.54, 1.807) is 0 Å². The van der Waals surface area contributed by atoms with Crippen molar-refractivity contribution in [2.75, 3.05) is 19.6 Å². The molecular weight excluding hydrogens is 200 g/mol. The second-order valence-electron chi connectivity index (χ2n) is 4.61. The average molecular weight is 222 g/mol. The van der Waals surface area contributed by atoms with Gasteiger partial charge in [0.1, 0.15) is 0 Å². The zero-order valence-corrected chi connectivity index (χ0v) is 10.3. The van der Waals surface area contributed by atoms with Crippen LogP contribution in [-0.2, 0) is 6.42 Å². The second kappa shape index (κ2) is 4.97. The van der Waals surface area contributed by atoms with E-state index < -0.39 is 0 Å². The number of rotatable bonds is 3. The first kappa shape index (κ1) is 11.6. The third kappa shape index (κ3) is 2.13. The van der Waals surface area contributed by atoms with Crippen LogP contribution >= 0.6 is 0 Å². The molecule has 0 unspecified atom stereocenters. The van der Waals surface area contributed by atoms with Crippen LogP contribution in [-0.4, -0.2) is 29.4 Å². The van der Waals surface area contributed by atoms with E-state index in [2.05, 4.69) is 28.9 Å². The number of hydrogen-bond donors (Lipinski definition) is 2. The minimum atomic E-state index is 0.575. The standard InChI is InChI=1S/C12H22N4/c1-9-12(3-6-13)10(2)16(15-9)11-4-7-14-8-5-11/h11,14H,3-8,13H2,1-2H3. The zero-order chi connectivity index (χ0) is 11.5. The first-order chi connectivity index (χ1) is 7.74. The molecule has 4 heteroatoms. The summed E-state index contributed by atoms with van der Waals surface area (Å²) in [5.41, 5.74) is 9.46. The van der Waals surface area contributed by atoms with Gasteiger partial charge in [0, 0.05) is 5.69 Å². The van der Waals surface area contributed by atoms with Gasteiger partial charge in [-0.15, -0.1) is 0 Å². The Morgan fingerprint density at radius 1 is 1.38 bits per heavy atom. The molecule has 4 nitrogen and oxygen atoms in total. The number of nitrogens with zero attached hydrogens (tertiary/aromatic N) is 2. The van der Waals surface area contributed by atoms with E-state index in [0.29, 0.717) is 12.6 Å². The molecule has 0 radical (unpaired) electrons. The molecule has 0 amide bonds. The van der Waals surface area contributed by atoms with Crippen molar-refractivity contribution in [3.63, 3.8) is 0 Å². The van der Waals surface area contributed by atoms with Gasteiger partial charge in [-0.05, 0) is 58.3 Å². The van der Waals surface area contributed by atoms with Crippen LogP contribution in [0.1, 0.15) is 35.8 Å². The number of nitrogens with one attached hydrogen (secondary N) is 1. The van der Waals surface area contributed by atoms with Crippen molar-refractivity contribution in [2.24, 2.45) is 5.73 Å². The smallest absolute Gasteiger partial charge is 0.0629 e. The van der Waals surface area contributed by atoms with Crippen LogP contribution < -0.4 is 11.1 Å². The molecule has 1 aliphatic rings. The molecular formula is C12H22N4. The molecule has 2 rings (SSSR count). The first-order valence-corrected chi connectivity index (χ1v) is 6.19. The van der Waals surface area contributed by atoms with Gasteiger partial charge in [0.25, 0.3) is 0 Å². The lowest BCUT2D eigenvalue weighted by molar-refractivity contribution is 0.337. The lowest BCUT2D eigenvalue weighted by Gasteiger charge is -2.24. The predicted octanol–water partition coefficient (Wildman–Crippen LogP) is 0.926. The fraction of sp³-hybridized carbons (Fsp3) is 0.750. The third-order valence-corrected chi connectivity index (χ3v) is 3.52. The van der Waals surface area contributed by atoms with Crippen LogP contribution in [0.15, 0.2) is 0 Å². The molecule has 1 aromatic heterocycles. The van der Waals surface area contributed by atoms with Gasteiger partial charge in [-0.3, -0.25) is 4.68 Å². The topological polar surface area (TPSA) is 55.9 Å². The number of hydrogen-bond acceptors (Lipinski definition) is 3. The van der Waals surface area contributed by atoms with E-state index in [4.69, 9.17) is 5.73 Å². The molecule has 16 heavy (non-hydrogen) atoms. The monoisotopic (exact) mass is 222 g/mol. The zero-order valence-electron chi connectivity index (χ0n) is 10.3. The summed E-state index contributed by atoms with van der Waals surface area (Å²) in [6.45, 7) is 7.19. The van der Waals surface area contributed by atoms with E-state index in [1.807, 2.05) is 0 Å².